The molecule has 0 heterocycles. The Labute approximate surface area is 170 Å². The molecule has 0 radical (unpaired) electrons. The van der Waals surface area contributed by atoms with E-state index in [-0.39, 0.29) is 0 Å². The molecular formula is C26H47N. The molecule has 0 atom stereocenters. The van der Waals surface area contributed by atoms with Crippen molar-refractivity contribution in [3.8, 4) is 0 Å². The van der Waals surface area contributed by atoms with Crippen molar-refractivity contribution >= 4 is 5.69 Å². The van der Waals surface area contributed by atoms with Gasteiger partial charge >= 0.3 is 0 Å². The molecule has 0 spiro atoms. The molecule has 0 fully saturated rings. The van der Waals surface area contributed by atoms with Crippen molar-refractivity contribution in [2.45, 2.75) is 117 Å². The van der Waals surface area contributed by atoms with Crippen LogP contribution in [0.4, 0.5) is 5.69 Å². The van der Waals surface area contributed by atoms with E-state index in [0.29, 0.717) is 0 Å². The Morgan fingerprint density at radius 2 is 1.00 bits per heavy atom. The van der Waals surface area contributed by atoms with Gasteiger partial charge in [0.1, 0.15) is 0 Å². The Kier molecular flexibility index (Phi) is 15.3. The maximum absolute atomic E-state index is 2.42. The van der Waals surface area contributed by atoms with Crippen LogP contribution in [0.2, 0.25) is 0 Å². The van der Waals surface area contributed by atoms with E-state index in [1.54, 1.807) is 0 Å². The zero-order valence-corrected chi connectivity index (χ0v) is 18.8. The minimum absolute atomic E-state index is 1.18. The molecule has 0 unspecified atom stereocenters. The SMILES string of the molecule is CCCCCCCCCCCCCCCCCCN(C)c1ccccc1C. The fourth-order valence-electron chi connectivity index (χ4n) is 4.01. The van der Waals surface area contributed by atoms with E-state index in [4.69, 9.17) is 0 Å². The second kappa shape index (κ2) is 17.1. The highest BCUT2D eigenvalue weighted by atomic mass is 15.1. The highest BCUT2D eigenvalue weighted by molar-refractivity contribution is 5.52. The molecule has 1 aromatic carbocycles. The summed E-state index contributed by atoms with van der Waals surface area (Å²) >= 11 is 0. The minimum Gasteiger partial charge on any atom is -0.374 e. The third-order valence-corrected chi connectivity index (χ3v) is 5.87. The van der Waals surface area contributed by atoms with Gasteiger partial charge in [-0.15, -0.1) is 0 Å². The van der Waals surface area contributed by atoms with Crippen LogP contribution in [0.1, 0.15) is 115 Å². The first-order valence-corrected chi connectivity index (χ1v) is 12.0. The molecule has 1 aromatic rings. The topological polar surface area (TPSA) is 3.24 Å². The van der Waals surface area contributed by atoms with Crippen LogP contribution in [0.15, 0.2) is 24.3 Å². The summed E-state index contributed by atoms with van der Waals surface area (Å²) in [5.41, 5.74) is 2.77. The highest BCUT2D eigenvalue weighted by Gasteiger charge is 2.03. The average molecular weight is 374 g/mol. The van der Waals surface area contributed by atoms with Crippen LogP contribution in [0, 0.1) is 6.92 Å². The van der Waals surface area contributed by atoms with E-state index in [9.17, 15) is 0 Å². The molecule has 0 aliphatic heterocycles. The van der Waals surface area contributed by atoms with Gasteiger partial charge in [0, 0.05) is 19.3 Å². The predicted octanol–water partition coefficient (Wildman–Crippen LogP) is 8.69. The quantitative estimate of drug-likeness (QED) is 0.233. The first kappa shape index (κ1) is 24.1. The summed E-state index contributed by atoms with van der Waals surface area (Å²) in [7, 11) is 2.23. The van der Waals surface area contributed by atoms with Gasteiger partial charge in [0.2, 0.25) is 0 Å². The summed E-state index contributed by atoms with van der Waals surface area (Å²) in [5, 5.41) is 0. The molecule has 0 aromatic heterocycles. The van der Waals surface area contributed by atoms with Gasteiger partial charge < -0.3 is 4.90 Å². The fourth-order valence-corrected chi connectivity index (χ4v) is 4.01. The fraction of sp³-hybridized carbons (Fsp3) is 0.769. The first-order chi connectivity index (χ1) is 13.3. The molecule has 1 heteroatoms. The number of nitrogens with zero attached hydrogens (tertiary/aromatic N) is 1. The number of hydrogen-bond donors (Lipinski definition) is 0. The summed E-state index contributed by atoms with van der Waals surface area (Å²) in [6.45, 7) is 5.69. The number of para-hydroxylation sites is 1. The van der Waals surface area contributed by atoms with Gasteiger partial charge in [-0.05, 0) is 25.0 Å². The Morgan fingerprint density at radius 3 is 1.44 bits per heavy atom. The van der Waals surface area contributed by atoms with E-state index in [0.717, 1.165) is 0 Å². The molecule has 0 aliphatic rings. The van der Waals surface area contributed by atoms with E-state index >= 15 is 0 Å². The number of rotatable bonds is 18. The van der Waals surface area contributed by atoms with Gasteiger partial charge in [-0.25, -0.2) is 0 Å². The van der Waals surface area contributed by atoms with Crippen LogP contribution in [0.5, 0.6) is 0 Å². The lowest BCUT2D eigenvalue weighted by Gasteiger charge is -2.21. The normalized spacial score (nSPS) is 11.1. The molecule has 27 heavy (non-hydrogen) atoms. The van der Waals surface area contributed by atoms with Gasteiger partial charge in [0.05, 0.1) is 0 Å². The number of unbranched alkanes of at least 4 members (excludes halogenated alkanes) is 15. The summed E-state index contributed by atoms with van der Waals surface area (Å²) in [5.74, 6) is 0. The molecule has 0 bridgehead atoms. The molecule has 1 rings (SSSR count). The Hall–Kier alpha value is -0.980. The Morgan fingerprint density at radius 1 is 0.593 bits per heavy atom. The van der Waals surface area contributed by atoms with Crippen molar-refractivity contribution in [1.82, 2.24) is 0 Å². The number of aryl methyl sites for hydroxylation is 1. The standard InChI is InChI=1S/C26H47N/c1-4-5-6-7-8-9-10-11-12-13-14-15-16-17-18-21-24-27(3)26-23-20-19-22-25(26)2/h19-20,22-23H,4-18,21,24H2,1-3H3. The second-order valence-electron chi connectivity index (χ2n) is 8.51. The summed E-state index contributed by atoms with van der Waals surface area (Å²) in [4.78, 5) is 2.42. The maximum Gasteiger partial charge on any atom is 0.0393 e. The van der Waals surface area contributed by atoms with Crippen LogP contribution in [0.3, 0.4) is 0 Å². The van der Waals surface area contributed by atoms with Crippen molar-refractivity contribution in [2.75, 3.05) is 18.5 Å². The lowest BCUT2D eigenvalue weighted by atomic mass is 10.0. The van der Waals surface area contributed by atoms with Crippen LogP contribution in [-0.4, -0.2) is 13.6 Å². The summed E-state index contributed by atoms with van der Waals surface area (Å²) in [6.07, 6.45) is 23.0. The zero-order valence-electron chi connectivity index (χ0n) is 18.8. The van der Waals surface area contributed by atoms with Crippen LogP contribution in [0.25, 0.3) is 0 Å². The largest absolute Gasteiger partial charge is 0.374 e. The molecule has 0 N–H and O–H groups in total. The Balaban J connectivity index is 1.81. The van der Waals surface area contributed by atoms with Crippen molar-refractivity contribution in [3.05, 3.63) is 29.8 Å². The van der Waals surface area contributed by atoms with Gasteiger partial charge in [-0.2, -0.15) is 0 Å². The second-order valence-corrected chi connectivity index (χ2v) is 8.51. The van der Waals surface area contributed by atoms with Gasteiger partial charge in [0.15, 0.2) is 0 Å². The Bertz CT molecular complexity index is 440. The molecule has 0 amide bonds. The molecule has 1 nitrogen and oxygen atoms in total. The molecular weight excluding hydrogens is 326 g/mol. The first-order valence-electron chi connectivity index (χ1n) is 12.0. The van der Waals surface area contributed by atoms with Crippen LogP contribution in [-0.2, 0) is 0 Å². The third kappa shape index (κ3) is 12.9. The number of hydrogen-bond acceptors (Lipinski definition) is 1. The predicted molar refractivity (Wildman–Crippen MR) is 124 cm³/mol. The molecule has 0 saturated heterocycles. The average Bonchev–Trinajstić information content (AvgIpc) is 2.68. The number of anilines is 1. The van der Waals surface area contributed by atoms with Gasteiger partial charge in [-0.3, -0.25) is 0 Å². The van der Waals surface area contributed by atoms with E-state index in [2.05, 4.69) is 50.1 Å². The number of benzene rings is 1. The zero-order chi connectivity index (χ0) is 19.6. The monoisotopic (exact) mass is 373 g/mol. The molecule has 0 aliphatic carbocycles. The van der Waals surface area contributed by atoms with E-state index in [1.165, 1.54) is 121 Å². The summed E-state index contributed by atoms with van der Waals surface area (Å²) < 4.78 is 0. The van der Waals surface area contributed by atoms with Crippen molar-refractivity contribution in [2.24, 2.45) is 0 Å². The lowest BCUT2D eigenvalue weighted by Crippen LogP contribution is -2.19. The minimum atomic E-state index is 1.18. The van der Waals surface area contributed by atoms with E-state index < -0.39 is 0 Å². The van der Waals surface area contributed by atoms with Gasteiger partial charge in [-0.1, -0.05) is 121 Å². The van der Waals surface area contributed by atoms with Crippen molar-refractivity contribution in [1.29, 1.82) is 0 Å². The molecule has 0 saturated carbocycles. The van der Waals surface area contributed by atoms with Crippen LogP contribution < -0.4 is 4.90 Å². The summed E-state index contributed by atoms with van der Waals surface area (Å²) in [6, 6.07) is 8.72. The highest BCUT2D eigenvalue weighted by Crippen LogP contribution is 2.19. The molecule has 156 valence electrons. The van der Waals surface area contributed by atoms with E-state index in [1.807, 2.05) is 0 Å². The lowest BCUT2D eigenvalue weighted by molar-refractivity contribution is 0.529. The van der Waals surface area contributed by atoms with Crippen molar-refractivity contribution in [3.63, 3.8) is 0 Å². The van der Waals surface area contributed by atoms with Crippen LogP contribution >= 0.6 is 0 Å². The van der Waals surface area contributed by atoms with Crippen molar-refractivity contribution < 1.29 is 0 Å². The smallest absolute Gasteiger partial charge is 0.0393 e. The third-order valence-electron chi connectivity index (χ3n) is 5.87. The van der Waals surface area contributed by atoms with Gasteiger partial charge in [0.25, 0.3) is 0 Å². The maximum atomic E-state index is 2.42.